The highest BCUT2D eigenvalue weighted by molar-refractivity contribution is 5.95. The SMILES string of the molecule is CC(C)C(=O)O[C@H](C)C(=O)Nc1ccc(C(C)C)cc1. The van der Waals surface area contributed by atoms with Gasteiger partial charge in [0.2, 0.25) is 0 Å². The lowest BCUT2D eigenvalue weighted by Crippen LogP contribution is -2.31. The summed E-state index contributed by atoms with van der Waals surface area (Å²) in [6.07, 6.45) is -0.797. The van der Waals surface area contributed by atoms with Crippen molar-refractivity contribution in [2.45, 2.75) is 46.6 Å². The second-order valence-corrected chi connectivity index (χ2v) is 5.50. The predicted molar refractivity (Wildman–Crippen MR) is 79.6 cm³/mol. The van der Waals surface area contributed by atoms with Gasteiger partial charge in [0.05, 0.1) is 5.92 Å². The summed E-state index contributed by atoms with van der Waals surface area (Å²) in [5, 5.41) is 2.74. The van der Waals surface area contributed by atoms with Crippen molar-refractivity contribution in [3.63, 3.8) is 0 Å². The zero-order chi connectivity index (χ0) is 15.3. The molecule has 0 fully saturated rings. The molecule has 0 saturated carbocycles. The van der Waals surface area contributed by atoms with Gasteiger partial charge in [0.25, 0.3) is 5.91 Å². The van der Waals surface area contributed by atoms with E-state index in [1.807, 2.05) is 24.3 Å². The van der Waals surface area contributed by atoms with Crippen molar-refractivity contribution in [1.82, 2.24) is 0 Å². The number of benzene rings is 1. The average molecular weight is 277 g/mol. The first-order valence-corrected chi connectivity index (χ1v) is 6.92. The molecule has 0 heterocycles. The summed E-state index contributed by atoms with van der Waals surface area (Å²) in [6.45, 7) is 9.26. The van der Waals surface area contributed by atoms with Crippen molar-refractivity contribution >= 4 is 17.6 Å². The Morgan fingerprint density at radius 1 is 1.00 bits per heavy atom. The Balaban J connectivity index is 2.59. The number of rotatable bonds is 5. The van der Waals surface area contributed by atoms with Gasteiger partial charge in [-0.3, -0.25) is 9.59 Å². The Bertz CT molecular complexity index is 463. The van der Waals surface area contributed by atoms with Gasteiger partial charge < -0.3 is 10.1 Å². The van der Waals surface area contributed by atoms with Crippen molar-refractivity contribution < 1.29 is 14.3 Å². The summed E-state index contributed by atoms with van der Waals surface area (Å²) >= 11 is 0. The van der Waals surface area contributed by atoms with Crippen LogP contribution >= 0.6 is 0 Å². The molecule has 0 bridgehead atoms. The lowest BCUT2D eigenvalue weighted by molar-refractivity contribution is -0.156. The monoisotopic (exact) mass is 277 g/mol. The quantitative estimate of drug-likeness (QED) is 0.840. The average Bonchev–Trinajstić information content (AvgIpc) is 2.38. The minimum atomic E-state index is -0.797. The fourth-order valence-corrected chi connectivity index (χ4v) is 1.56. The highest BCUT2D eigenvalue weighted by Gasteiger charge is 2.19. The first-order chi connectivity index (χ1) is 9.31. The van der Waals surface area contributed by atoms with Crippen LogP contribution in [0.2, 0.25) is 0 Å². The number of hydrogen-bond donors (Lipinski definition) is 1. The number of hydrogen-bond acceptors (Lipinski definition) is 3. The molecule has 1 aromatic carbocycles. The molecule has 1 rings (SSSR count). The molecule has 0 saturated heterocycles. The maximum absolute atomic E-state index is 11.9. The third kappa shape index (κ3) is 4.68. The molecule has 0 aromatic heterocycles. The molecule has 20 heavy (non-hydrogen) atoms. The van der Waals surface area contributed by atoms with Gasteiger partial charge in [0, 0.05) is 5.69 Å². The second-order valence-electron chi connectivity index (χ2n) is 5.50. The molecular weight excluding hydrogens is 254 g/mol. The summed E-state index contributed by atoms with van der Waals surface area (Å²) in [5.41, 5.74) is 1.91. The first kappa shape index (κ1) is 16.2. The second kappa shape index (κ2) is 7.08. The van der Waals surface area contributed by atoms with E-state index in [0.29, 0.717) is 11.6 Å². The van der Waals surface area contributed by atoms with Gasteiger partial charge in [-0.05, 0) is 30.5 Å². The molecule has 0 aliphatic rings. The van der Waals surface area contributed by atoms with Gasteiger partial charge in [-0.15, -0.1) is 0 Å². The zero-order valence-corrected chi connectivity index (χ0v) is 12.8. The molecule has 4 heteroatoms. The van der Waals surface area contributed by atoms with Crippen molar-refractivity contribution in [1.29, 1.82) is 0 Å². The smallest absolute Gasteiger partial charge is 0.309 e. The summed E-state index contributed by atoms with van der Waals surface area (Å²) in [7, 11) is 0. The molecule has 1 amide bonds. The Kier molecular flexibility index (Phi) is 5.74. The zero-order valence-electron chi connectivity index (χ0n) is 12.8. The van der Waals surface area contributed by atoms with Crippen LogP contribution in [0, 0.1) is 5.92 Å². The van der Waals surface area contributed by atoms with Crippen LogP contribution in [0.3, 0.4) is 0 Å². The number of anilines is 1. The lowest BCUT2D eigenvalue weighted by Gasteiger charge is -2.15. The number of amides is 1. The van der Waals surface area contributed by atoms with Crippen molar-refractivity contribution in [3.05, 3.63) is 29.8 Å². The van der Waals surface area contributed by atoms with E-state index in [4.69, 9.17) is 4.74 Å². The molecule has 1 aromatic rings. The van der Waals surface area contributed by atoms with E-state index in [9.17, 15) is 9.59 Å². The summed E-state index contributed by atoms with van der Waals surface area (Å²) in [4.78, 5) is 23.3. The molecule has 0 unspecified atom stereocenters. The normalized spacial score (nSPS) is 12.3. The Labute approximate surface area is 120 Å². The minimum Gasteiger partial charge on any atom is -0.452 e. The van der Waals surface area contributed by atoms with Gasteiger partial charge in [-0.2, -0.15) is 0 Å². The highest BCUT2D eigenvalue weighted by atomic mass is 16.5. The van der Waals surface area contributed by atoms with Gasteiger partial charge in [0.15, 0.2) is 6.10 Å². The number of ether oxygens (including phenoxy) is 1. The Morgan fingerprint density at radius 3 is 2.00 bits per heavy atom. The molecule has 4 nitrogen and oxygen atoms in total. The maximum atomic E-state index is 11.9. The molecule has 0 aliphatic heterocycles. The molecule has 1 atom stereocenters. The Morgan fingerprint density at radius 2 is 1.55 bits per heavy atom. The van der Waals surface area contributed by atoms with Crippen molar-refractivity contribution in [2.75, 3.05) is 5.32 Å². The molecule has 1 N–H and O–H groups in total. The third-order valence-electron chi connectivity index (χ3n) is 2.98. The van der Waals surface area contributed by atoms with Crippen LogP contribution in [0.1, 0.15) is 46.1 Å². The number of carbonyl (C=O) groups is 2. The number of nitrogens with one attached hydrogen (secondary N) is 1. The lowest BCUT2D eigenvalue weighted by atomic mass is 10.0. The van der Waals surface area contributed by atoms with Gasteiger partial charge in [-0.1, -0.05) is 39.8 Å². The first-order valence-electron chi connectivity index (χ1n) is 6.92. The van der Waals surface area contributed by atoms with Crippen molar-refractivity contribution in [3.8, 4) is 0 Å². The van der Waals surface area contributed by atoms with E-state index in [2.05, 4.69) is 19.2 Å². The van der Waals surface area contributed by atoms with E-state index in [1.165, 1.54) is 5.56 Å². The van der Waals surface area contributed by atoms with Crippen molar-refractivity contribution in [2.24, 2.45) is 5.92 Å². The van der Waals surface area contributed by atoms with Crippen LogP contribution in [0.25, 0.3) is 0 Å². The van der Waals surface area contributed by atoms with Gasteiger partial charge in [0.1, 0.15) is 0 Å². The van der Waals surface area contributed by atoms with E-state index >= 15 is 0 Å². The standard InChI is InChI=1S/C16H23NO3/c1-10(2)13-6-8-14(9-7-13)17-15(18)12(5)20-16(19)11(3)4/h6-12H,1-5H3,(H,17,18)/t12-/m1/s1. The highest BCUT2D eigenvalue weighted by Crippen LogP contribution is 2.17. The minimum absolute atomic E-state index is 0.240. The Hall–Kier alpha value is -1.84. The summed E-state index contributed by atoms with van der Waals surface area (Å²) in [6, 6.07) is 7.66. The fourth-order valence-electron chi connectivity index (χ4n) is 1.56. The number of esters is 1. The van der Waals surface area contributed by atoms with Gasteiger partial charge in [-0.25, -0.2) is 0 Å². The van der Waals surface area contributed by atoms with Crippen LogP contribution in [0.4, 0.5) is 5.69 Å². The molecule has 0 spiro atoms. The topological polar surface area (TPSA) is 55.4 Å². The summed E-state index contributed by atoms with van der Waals surface area (Å²) < 4.78 is 5.06. The van der Waals surface area contributed by atoms with E-state index in [0.717, 1.165) is 0 Å². The van der Waals surface area contributed by atoms with E-state index in [-0.39, 0.29) is 17.8 Å². The van der Waals surface area contributed by atoms with E-state index in [1.54, 1.807) is 20.8 Å². The fraction of sp³-hybridized carbons (Fsp3) is 0.500. The molecule has 110 valence electrons. The van der Waals surface area contributed by atoms with Crippen LogP contribution < -0.4 is 5.32 Å². The predicted octanol–water partition coefficient (Wildman–Crippen LogP) is 3.34. The van der Waals surface area contributed by atoms with Crippen LogP contribution in [0.15, 0.2) is 24.3 Å². The molecular formula is C16H23NO3. The van der Waals surface area contributed by atoms with E-state index < -0.39 is 6.10 Å². The van der Waals surface area contributed by atoms with Crippen LogP contribution in [-0.2, 0) is 14.3 Å². The van der Waals surface area contributed by atoms with Crippen LogP contribution in [-0.4, -0.2) is 18.0 Å². The van der Waals surface area contributed by atoms with Gasteiger partial charge >= 0.3 is 5.97 Å². The maximum Gasteiger partial charge on any atom is 0.309 e. The number of carbonyl (C=O) groups excluding carboxylic acids is 2. The third-order valence-corrected chi connectivity index (χ3v) is 2.98. The summed E-state index contributed by atoms with van der Waals surface area (Å²) in [5.74, 6) is -0.486. The van der Waals surface area contributed by atoms with Crippen LogP contribution in [0.5, 0.6) is 0 Å². The molecule has 0 radical (unpaired) electrons. The largest absolute Gasteiger partial charge is 0.452 e. The molecule has 0 aliphatic carbocycles.